The number of fused-ring (bicyclic) bond motifs is 1. The smallest absolute Gasteiger partial charge is 0.195 e. The minimum absolute atomic E-state index is 0.430. The average Bonchev–Trinajstić information content (AvgIpc) is 2.98. The maximum atomic E-state index is 10.6. The van der Waals surface area contributed by atoms with Gasteiger partial charge in [-0.3, -0.25) is 4.40 Å². The quantitative estimate of drug-likeness (QED) is 0.874. The number of aromatic nitrogens is 2. The molecule has 2 aromatic rings. The summed E-state index contributed by atoms with van der Waals surface area (Å²) < 4.78 is 7.33. The van der Waals surface area contributed by atoms with Gasteiger partial charge >= 0.3 is 0 Å². The molecule has 0 amide bonds. The summed E-state index contributed by atoms with van der Waals surface area (Å²) in [6, 6.07) is 0. The highest BCUT2D eigenvalue weighted by Crippen LogP contribution is 2.27. The van der Waals surface area contributed by atoms with Gasteiger partial charge in [-0.2, -0.15) is 0 Å². The first kappa shape index (κ1) is 13.8. The maximum absolute atomic E-state index is 10.6. The monoisotopic (exact) mass is 296 g/mol. The van der Waals surface area contributed by atoms with Gasteiger partial charge in [-0.25, -0.2) is 4.98 Å². The highest BCUT2D eigenvalue weighted by molar-refractivity contribution is 7.15. The highest BCUT2D eigenvalue weighted by Gasteiger charge is 2.32. The summed E-state index contributed by atoms with van der Waals surface area (Å²) in [5.41, 5.74) is 6.15. The van der Waals surface area contributed by atoms with Crippen LogP contribution in [0.5, 0.6) is 0 Å². The standard InChI is InChI=1S/C13H20N4O2S/c1-16(9-13(18)2-5-19-6-3-13)11-10(8-14)17-4-7-20-12(17)15-11/h4,7,18H,2-3,5-6,8-9,14H2,1H3. The minimum atomic E-state index is -0.699. The van der Waals surface area contributed by atoms with E-state index in [4.69, 9.17) is 10.5 Å². The van der Waals surface area contributed by atoms with Crippen LogP contribution in [0, 0.1) is 0 Å². The molecule has 0 saturated carbocycles. The molecule has 7 heteroatoms. The topological polar surface area (TPSA) is 76.0 Å². The Morgan fingerprint density at radius 3 is 3.00 bits per heavy atom. The van der Waals surface area contributed by atoms with Crippen LogP contribution >= 0.6 is 11.3 Å². The lowest BCUT2D eigenvalue weighted by molar-refractivity contribution is -0.0573. The van der Waals surface area contributed by atoms with Crippen molar-refractivity contribution < 1.29 is 9.84 Å². The van der Waals surface area contributed by atoms with Gasteiger partial charge in [-0.05, 0) is 0 Å². The molecular weight excluding hydrogens is 276 g/mol. The second kappa shape index (κ2) is 5.33. The van der Waals surface area contributed by atoms with E-state index < -0.39 is 5.60 Å². The zero-order valence-electron chi connectivity index (χ0n) is 11.6. The number of hydrogen-bond acceptors (Lipinski definition) is 6. The first-order chi connectivity index (χ1) is 9.63. The van der Waals surface area contributed by atoms with Gasteiger partial charge in [0.05, 0.1) is 11.3 Å². The van der Waals surface area contributed by atoms with E-state index in [9.17, 15) is 5.11 Å². The van der Waals surface area contributed by atoms with Crippen LogP contribution in [0.1, 0.15) is 18.5 Å². The predicted octanol–water partition coefficient (Wildman–Crippen LogP) is 0.832. The summed E-state index contributed by atoms with van der Waals surface area (Å²) in [7, 11) is 1.96. The Bertz CT molecular complexity index is 588. The summed E-state index contributed by atoms with van der Waals surface area (Å²) in [5, 5.41) is 12.6. The predicted molar refractivity (Wildman–Crippen MR) is 79.2 cm³/mol. The van der Waals surface area contributed by atoms with Gasteiger partial charge < -0.3 is 20.5 Å². The molecule has 0 bridgehead atoms. The van der Waals surface area contributed by atoms with Crippen LogP contribution in [0.4, 0.5) is 5.82 Å². The zero-order valence-corrected chi connectivity index (χ0v) is 12.4. The van der Waals surface area contributed by atoms with E-state index in [1.54, 1.807) is 11.3 Å². The fourth-order valence-electron chi connectivity index (χ4n) is 2.74. The molecule has 1 fully saturated rings. The number of hydrogen-bond donors (Lipinski definition) is 2. The normalized spacial score (nSPS) is 18.6. The van der Waals surface area contributed by atoms with Crippen molar-refractivity contribution in [2.75, 3.05) is 31.7 Å². The summed E-state index contributed by atoms with van der Waals surface area (Å²) in [6.07, 6.45) is 3.31. The average molecular weight is 296 g/mol. The van der Waals surface area contributed by atoms with Crippen molar-refractivity contribution in [3.8, 4) is 0 Å². The molecule has 6 nitrogen and oxygen atoms in total. The second-order valence-corrected chi connectivity index (χ2v) is 6.21. The van der Waals surface area contributed by atoms with Crippen molar-refractivity contribution in [3.63, 3.8) is 0 Å². The first-order valence-electron chi connectivity index (χ1n) is 6.79. The largest absolute Gasteiger partial charge is 0.388 e. The number of rotatable bonds is 4. The Kier molecular flexibility index (Phi) is 3.68. The van der Waals surface area contributed by atoms with Crippen LogP contribution in [0.25, 0.3) is 4.96 Å². The van der Waals surface area contributed by atoms with Crippen molar-refractivity contribution in [2.24, 2.45) is 5.73 Å². The molecule has 0 aliphatic carbocycles. The molecule has 110 valence electrons. The van der Waals surface area contributed by atoms with E-state index in [2.05, 4.69) is 4.98 Å². The maximum Gasteiger partial charge on any atom is 0.195 e. The lowest BCUT2D eigenvalue weighted by Crippen LogP contribution is -2.46. The number of imidazole rings is 1. The van der Waals surface area contributed by atoms with Crippen LogP contribution in [0.15, 0.2) is 11.6 Å². The summed E-state index contributed by atoms with van der Waals surface area (Å²) in [6.45, 7) is 2.21. The van der Waals surface area contributed by atoms with Gasteiger partial charge in [-0.15, -0.1) is 11.3 Å². The van der Waals surface area contributed by atoms with Crippen LogP contribution in [0.2, 0.25) is 0 Å². The van der Waals surface area contributed by atoms with Crippen LogP contribution in [-0.4, -0.2) is 46.9 Å². The number of likely N-dealkylation sites (N-methyl/N-ethyl adjacent to an activating group) is 1. The summed E-state index contributed by atoms with van der Waals surface area (Å²) >= 11 is 1.59. The van der Waals surface area contributed by atoms with Crippen molar-refractivity contribution in [1.29, 1.82) is 0 Å². The third-order valence-electron chi connectivity index (χ3n) is 3.85. The molecule has 3 rings (SSSR count). The Labute approximate surface area is 121 Å². The number of anilines is 1. The van der Waals surface area contributed by atoms with Crippen molar-refractivity contribution in [2.45, 2.75) is 25.0 Å². The number of nitrogens with zero attached hydrogens (tertiary/aromatic N) is 3. The van der Waals surface area contributed by atoms with Crippen molar-refractivity contribution >= 4 is 22.1 Å². The summed E-state index contributed by atoms with van der Waals surface area (Å²) in [4.78, 5) is 7.57. The van der Waals surface area contributed by atoms with E-state index in [1.807, 2.05) is 27.9 Å². The van der Waals surface area contributed by atoms with Crippen molar-refractivity contribution in [3.05, 3.63) is 17.3 Å². The van der Waals surface area contributed by atoms with Crippen LogP contribution < -0.4 is 10.6 Å². The molecule has 20 heavy (non-hydrogen) atoms. The third-order valence-corrected chi connectivity index (χ3v) is 4.61. The van der Waals surface area contributed by atoms with Gasteiger partial charge in [0.15, 0.2) is 10.8 Å². The Morgan fingerprint density at radius 1 is 1.55 bits per heavy atom. The zero-order chi connectivity index (χ0) is 14.2. The van der Waals surface area contributed by atoms with E-state index in [-0.39, 0.29) is 0 Å². The molecule has 2 aromatic heterocycles. The summed E-state index contributed by atoms with van der Waals surface area (Å²) in [5.74, 6) is 0.860. The van der Waals surface area contributed by atoms with Gasteiger partial charge in [0.2, 0.25) is 0 Å². The molecule has 0 aromatic carbocycles. The third kappa shape index (κ3) is 2.42. The lowest BCUT2D eigenvalue weighted by atomic mass is 9.94. The first-order valence-corrected chi connectivity index (χ1v) is 7.67. The highest BCUT2D eigenvalue weighted by atomic mass is 32.1. The van der Waals surface area contributed by atoms with E-state index in [0.717, 1.165) is 16.5 Å². The molecule has 3 N–H and O–H groups in total. The Balaban J connectivity index is 1.84. The van der Waals surface area contributed by atoms with Gasteiger partial charge in [0.25, 0.3) is 0 Å². The molecule has 1 aliphatic rings. The van der Waals surface area contributed by atoms with Crippen molar-refractivity contribution in [1.82, 2.24) is 9.38 Å². The van der Waals surface area contributed by atoms with E-state index in [0.29, 0.717) is 39.1 Å². The molecular formula is C13H20N4O2S. The van der Waals surface area contributed by atoms with Crippen LogP contribution in [0.3, 0.4) is 0 Å². The minimum Gasteiger partial charge on any atom is -0.388 e. The Morgan fingerprint density at radius 2 is 2.30 bits per heavy atom. The van der Waals surface area contributed by atoms with E-state index >= 15 is 0 Å². The number of aliphatic hydroxyl groups is 1. The molecule has 0 radical (unpaired) electrons. The van der Waals surface area contributed by atoms with Gasteiger partial charge in [0, 0.05) is 57.8 Å². The second-order valence-electron chi connectivity index (χ2n) is 5.33. The fraction of sp³-hybridized carbons (Fsp3) is 0.615. The van der Waals surface area contributed by atoms with Gasteiger partial charge in [-0.1, -0.05) is 0 Å². The Hall–Kier alpha value is -1.15. The number of thiazole rings is 1. The fourth-order valence-corrected chi connectivity index (χ4v) is 3.47. The SMILES string of the molecule is CN(CC1(O)CCOCC1)c1nc2sccn2c1CN. The van der Waals surface area contributed by atoms with E-state index in [1.165, 1.54) is 0 Å². The lowest BCUT2D eigenvalue weighted by Gasteiger charge is -2.35. The molecule has 1 saturated heterocycles. The van der Waals surface area contributed by atoms with Gasteiger partial charge in [0.1, 0.15) is 0 Å². The molecule has 0 atom stereocenters. The van der Waals surface area contributed by atoms with Crippen LogP contribution in [-0.2, 0) is 11.3 Å². The molecule has 0 spiro atoms. The molecule has 3 heterocycles. The number of ether oxygens (including phenoxy) is 1. The number of nitrogens with two attached hydrogens (primary N) is 1. The molecule has 1 aliphatic heterocycles. The molecule has 0 unspecified atom stereocenters.